The van der Waals surface area contributed by atoms with Crippen molar-refractivity contribution in [1.82, 2.24) is 10.3 Å². The first-order valence-electron chi connectivity index (χ1n) is 9.39. The lowest BCUT2D eigenvalue weighted by atomic mass is 9.94. The topological polar surface area (TPSA) is 214 Å². The Labute approximate surface area is 188 Å². The fourth-order valence-corrected chi connectivity index (χ4v) is 3.22. The molecule has 2 heterocycles. The number of fused-ring (bicyclic) bond motifs is 1. The molecule has 13 heteroatoms. The first kappa shape index (κ1) is 22.8. The molecule has 0 amide bonds. The average Bonchev–Trinajstić information content (AvgIpc) is 2.78. The molecule has 0 fully saturated rings. The minimum atomic E-state index is -1.18. The van der Waals surface area contributed by atoms with E-state index in [1.54, 1.807) is 18.3 Å². The van der Waals surface area contributed by atoms with Crippen LogP contribution in [0.1, 0.15) is 29.7 Å². The third-order valence-electron chi connectivity index (χ3n) is 4.80. The predicted molar refractivity (Wildman–Crippen MR) is 117 cm³/mol. The van der Waals surface area contributed by atoms with Crippen LogP contribution in [0.15, 0.2) is 17.1 Å². The van der Waals surface area contributed by atoms with Crippen LogP contribution < -0.4 is 36.3 Å². The maximum absolute atomic E-state index is 11.3. The van der Waals surface area contributed by atoms with Gasteiger partial charge in [0.25, 0.3) is 0 Å². The minimum absolute atomic E-state index is 0.0124. The van der Waals surface area contributed by atoms with E-state index < -0.39 is 18.1 Å². The molecule has 2 atom stereocenters. The van der Waals surface area contributed by atoms with Crippen molar-refractivity contribution in [2.75, 3.05) is 31.0 Å². The molecule has 1 aromatic carbocycles. The van der Waals surface area contributed by atoms with Crippen molar-refractivity contribution in [2.24, 2.45) is 4.99 Å². The van der Waals surface area contributed by atoms with Crippen molar-refractivity contribution in [1.29, 1.82) is 10.5 Å². The van der Waals surface area contributed by atoms with E-state index in [-0.39, 0.29) is 46.1 Å². The molecule has 33 heavy (non-hydrogen) atoms. The zero-order chi connectivity index (χ0) is 24.3. The first-order valence-corrected chi connectivity index (χ1v) is 9.39. The van der Waals surface area contributed by atoms with Crippen LogP contribution in [0.5, 0.6) is 17.2 Å². The summed E-state index contributed by atoms with van der Waals surface area (Å²) in [6.07, 6.45) is 0.590. The second kappa shape index (κ2) is 9.07. The molecular weight excluding hydrogens is 432 g/mol. The van der Waals surface area contributed by atoms with Crippen molar-refractivity contribution < 1.29 is 24.1 Å². The van der Waals surface area contributed by atoms with Gasteiger partial charge in [-0.2, -0.15) is 10.5 Å². The van der Waals surface area contributed by atoms with Crippen LogP contribution in [0.25, 0.3) is 0 Å². The number of aliphatic carboxylic acids is 1. The summed E-state index contributed by atoms with van der Waals surface area (Å²) in [4.78, 5) is 19.9. The van der Waals surface area contributed by atoms with Crippen LogP contribution in [0.2, 0.25) is 0 Å². The van der Waals surface area contributed by atoms with Gasteiger partial charge in [0.2, 0.25) is 11.7 Å². The van der Waals surface area contributed by atoms with Crippen LogP contribution in [-0.2, 0) is 4.79 Å². The number of anilines is 3. The third kappa shape index (κ3) is 4.15. The number of nitrogens with one attached hydrogen (secondary N) is 2. The van der Waals surface area contributed by atoms with Gasteiger partial charge < -0.3 is 36.1 Å². The highest BCUT2D eigenvalue weighted by atomic mass is 16.6. The SMILES string of the molecule is COc1cc(C2N=C(NC#N)Nc3nc(N)c(C#N)c(N)c32)cc(OC)c1OC(C)C(=O)O. The van der Waals surface area contributed by atoms with Crippen molar-refractivity contribution >= 4 is 29.3 Å². The molecule has 13 nitrogen and oxygen atoms in total. The van der Waals surface area contributed by atoms with Gasteiger partial charge in [-0.25, -0.2) is 14.8 Å². The molecule has 2 unspecified atom stereocenters. The van der Waals surface area contributed by atoms with E-state index >= 15 is 0 Å². The van der Waals surface area contributed by atoms with E-state index in [0.717, 1.165) is 0 Å². The number of carboxylic acids is 1. The van der Waals surface area contributed by atoms with E-state index in [1.165, 1.54) is 21.1 Å². The lowest BCUT2D eigenvalue weighted by Crippen LogP contribution is -2.32. The highest BCUT2D eigenvalue weighted by molar-refractivity contribution is 5.98. The van der Waals surface area contributed by atoms with Crippen molar-refractivity contribution in [3.05, 3.63) is 28.8 Å². The van der Waals surface area contributed by atoms with Crippen molar-refractivity contribution in [3.8, 4) is 29.5 Å². The smallest absolute Gasteiger partial charge is 0.344 e. The Morgan fingerprint density at radius 1 is 1.27 bits per heavy atom. The zero-order valence-corrected chi connectivity index (χ0v) is 17.8. The molecule has 1 aliphatic heterocycles. The number of hydrogen-bond donors (Lipinski definition) is 5. The molecule has 1 aromatic heterocycles. The van der Waals surface area contributed by atoms with Crippen LogP contribution in [0.3, 0.4) is 0 Å². The van der Waals surface area contributed by atoms with Crippen LogP contribution in [0.4, 0.5) is 17.3 Å². The summed E-state index contributed by atoms with van der Waals surface area (Å²) in [5.41, 5.74) is 13.0. The third-order valence-corrected chi connectivity index (χ3v) is 4.80. The monoisotopic (exact) mass is 452 g/mol. The highest BCUT2D eigenvalue weighted by Crippen LogP contribution is 2.46. The molecule has 0 aliphatic carbocycles. The van der Waals surface area contributed by atoms with E-state index in [1.807, 2.05) is 6.07 Å². The molecule has 170 valence electrons. The molecule has 0 saturated heterocycles. The number of guanidine groups is 1. The fraction of sp³-hybridized carbons (Fsp3) is 0.250. The lowest BCUT2D eigenvalue weighted by Gasteiger charge is -2.27. The van der Waals surface area contributed by atoms with Crippen molar-refractivity contribution in [3.63, 3.8) is 0 Å². The molecule has 2 aromatic rings. The Hall–Kier alpha value is -4.91. The number of pyridine rings is 1. The number of hydrogen-bond acceptors (Lipinski definition) is 12. The van der Waals surface area contributed by atoms with Gasteiger partial charge in [-0.15, -0.1) is 0 Å². The number of rotatable bonds is 6. The molecule has 3 rings (SSSR count). The molecular formula is C20H20N8O5. The van der Waals surface area contributed by atoms with E-state index in [0.29, 0.717) is 11.1 Å². The number of nitrogen functional groups attached to an aromatic ring is 2. The fourth-order valence-electron chi connectivity index (χ4n) is 3.22. The average molecular weight is 452 g/mol. The highest BCUT2D eigenvalue weighted by Gasteiger charge is 2.31. The Morgan fingerprint density at radius 2 is 1.91 bits per heavy atom. The number of carbonyl (C=O) groups is 1. The van der Waals surface area contributed by atoms with E-state index in [4.69, 9.17) is 30.9 Å². The largest absolute Gasteiger partial charge is 0.493 e. The van der Waals surface area contributed by atoms with Crippen LogP contribution in [0, 0.1) is 22.8 Å². The summed E-state index contributed by atoms with van der Waals surface area (Å²) in [6, 6.07) is 4.19. The molecule has 0 saturated carbocycles. The minimum Gasteiger partial charge on any atom is -0.493 e. The number of benzene rings is 1. The maximum atomic E-state index is 11.3. The van der Waals surface area contributed by atoms with E-state index in [9.17, 15) is 15.2 Å². The number of carboxylic acid groups (broad SMARTS) is 1. The van der Waals surface area contributed by atoms with Crippen LogP contribution in [-0.4, -0.2) is 42.3 Å². The molecule has 1 aliphatic rings. The lowest BCUT2D eigenvalue weighted by molar-refractivity contribution is -0.144. The number of nitrogens with zero attached hydrogens (tertiary/aromatic N) is 4. The summed E-state index contributed by atoms with van der Waals surface area (Å²) in [5.74, 6) is -0.556. The zero-order valence-electron chi connectivity index (χ0n) is 17.8. The quantitative estimate of drug-likeness (QED) is 0.306. The normalized spacial score (nSPS) is 14.9. The number of nitrogens with two attached hydrogens (primary N) is 2. The number of ether oxygens (including phenoxy) is 3. The molecule has 7 N–H and O–H groups in total. The maximum Gasteiger partial charge on any atom is 0.344 e. The summed E-state index contributed by atoms with van der Waals surface area (Å²) < 4.78 is 16.3. The van der Waals surface area contributed by atoms with Gasteiger partial charge in [0.1, 0.15) is 29.3 Å². The second-order valence-corrected chi connectivity index (χ2v) is 6.75. The molecule has 0 spiro atoms. The van der Waals surface area contributed by atoms with Crippen LogP contribution >= 0.6 is 0 Å². The number of aliphatic imine (C=N–C) groups is 1. The van der Waals surface area contributed by atoms with Gasteiger partial charge in [0.05, 0.1) is 19.9 Å². The summed E-state index contributed by atoms with van der Waals surface area (Å²) in [7, 11) is 2.76. The number of nitriles is 2. The van der Waals surface area contributed by atoms with Gasteiger partial charge in [0.15, 0.2) is 23.8 Å². The van der Waals surface area contributed by atoms with Gasteiger partial charge in [0, 0.05) is 5.56 Å². The molecule has 0 radical (unpaired) electrons. The summed E-state index contributed by atoms with van der Waals surface area (Å²) >= 11 is 0. The standard InChI is InChI=1S/C20H20N8O5/c1-8(19(29)30)33-16-11(31-2)4-9(5-12(16)32-3)15-13-14(23)10(6-21)17(24)27-18(13)28-20(26-15)25-7-22/h4-5,8,15H,1-3H3,(H,29,30)(H6,23,24,25,26,27,28). The van der Waals surface area contributed by atoms with Crippen molar-refractivity contribution in [2.45, 2.75) is 19.1 Å². The Balaban J connectivity index is 2.24. The first-order chi connectivity index (χ1) is 15.7. The van der Waals surface area contributed by atoms with Gasteiger partial charge in [-0.3, -0.25) is 5.32 Å². The second-order valence-electron chi connectivity index (χ2n) is 6.75. The Morgan fingerprint density at radius 3 is 2.42 bits per heavy atom. The van der Waals surface area contributed by atoms with Gasteiger partial charge >= 0.3 is 5.97 Å². The Kier molecular flexibility index (Phi) is 6.26. The summed E-state index contributed by atoms with van der Waals surface area (Å²) in [6.45, 7) is 1.36. The van der Waals surface area contributed by atoms with Gasteiger partial charge in [-0.05, 0) is 24.6 Å². The van der Waals surface area contributed by atoms with E-state index in [2.05, 4.69) is 20.6 Å². The summed E-state index contributed by atoms with van der Waals surface area (Å²) in [5, 5.41) is 32.9. The number of methoxy groups -OCH3 is 2. The van der Waals surface area contributed by atoms with Gasteiger partial charge in [-0.1, -0.05) is 0 Å². The predicted octanol–water partition coefficient (Wildman–Crippen LogP) is 0.928. The Bertz CT molecular complexity index is 1210. The molecule has 0 bridgehead atoms. The number of aromatic nitrogens is 1.